The quantitative estimate of drug-likeness (QED) is 0.670. The first kappa shape index (κ1) is 22.3. The lowest BCUT2D eigenvalue weighted by atomic mass is 10.1. The number of rotatable bonds is 7. The van der Waals surface area contributed by atoms with Crippen molar-refractivity contribution < 1.29 is 13.2 Å². The number of carbonyl (C=O) groups excluding carboxylic acids is 1. The first-order valence-electron chi connectivity index (χ1n) is 9.99. The average Bonchev–Trinajstić information content (AvgIpc) is 2.89. The van der Waals surface area contributed by atoms with Gasteiger partial charge in [0.1, 0.15) is 5.69 Å². The Bertz CT molecular complexity index is 1060. The molecular weight excluding hydrogens is 406 g/mol. The van der Waals surface area contributed by atoms with Crippen molar-refractivity contribution in [2.45, 2.75) is 32.2 Å². The van der Waals surface area contributed by atoms with Crippen LogP contribution in [0.1, 0.15) is 25.0 Å². The summed E-state index contributed by atoms with van der Waals surface area (Å²) in [6.07, 6.45) is 3.04. The number of nitrogens with zero attached hydrogens (tertiary/aromatic N) is 3. The minimum atomic E-state index is -3.25. The maximum absolute atomic E-state index is 12.9. The van der Waals surface area contributed by atoms with E-state index in [0.29, 0.717) is 18.8 Å². The van der Waals surface area contributed by atoms with Gasteiger partial charge < -0.3 is 10.2 Å². The number of anilines is 1. The molecule has 30 heavy (non-hydrogen) atoms. The van der Waals surface area contributed by atoms with Gasteiger partial charge >= 0.3 is 0 Å². The molecule has 0 bridgehead atoms. The van der Waals surface area contributed by atoms with Crippen LogP contribution in [0.15, 0.2) is 35.1 Å². The van der Waals surface area contributed by atoms with E-state index >= 15 is 0 Å². The number of sulfonamides is 1. The minimum Gasteiger partial charge on any atom is -0.320 e. The summed E-state index contributed by atoms with van der Waals surface area (Å²) in [6, 6.07) is 9.13. The number of likely N-dealkylation sites (tertiary alicyclic amines) is 1. The highest BCUT2D eigenvalue weighted by Crippen LogP contribution is 2.15. The van der Waals surface area contributed by atoms with E-state index in [4.69, 9.17) is 0 Å². The molecule has 1 fully saturated rings. The van der Waals surface area contributed by atoms with Crippen molar-refractivity contribution in [3.63, 3.8) is 0 Å². The van der Waals surface area contributed by atoms with Gasteiger partial charge in [0.25, 0.3) is 5.56 Å². The lowest BCUT2D eigenvalue weighted by Gasteiger charge is -2.32. The second-order valence-corrected chi connectivity index (χ2v) is 9.54. The molecule has 0 spiro atoms. The number of benzene rings is 1. The highest BCUT2D eigenvalue weighted by molar-refractivity contribution is 7.88. The van der Waals surface area contributed by atoms with Gasteiger partial charge in [-0.25, -0.2) is 17.8 Å². The SMILES string of the molecule is Cc1c(NC(=O)CCN2CCCC(NS(C)(=O)=O)C2)c(=O)n(-c2ccccc2)n1C. The zero-order chi connectivity index (χ0) is 21.9. The largest absolute Gasteiger partial charge is 0.320 e. The highest BCUT2D eigenvalue weighted by atomic mass is 32.2. The van der Waals surface area contributed by atoms with E-state index in [2.05, 4.69) is 14.9 Å². The summed E-state index contributed by atoms with van der Waals surface area (Å²) in [5.74, 6) is -0.237. The second kappa shape index (κ2) is 9.15. The summed E-state index contributed by atoms with van der Waals surface area (Å²) in [6.45, 7) is 3.70. The van der Waals surface area contributed by atoms with E-state index in [0.717, 1.165) is 31.3 Å². The van der Waals surface area contributed by atoms with Gasteiger partial charge in [0.2, 0.25) is 15.9 Å². The van der Waals surface area contributed by atoms with Crippen molar-refractivity contribution in [2.24, 2.45) is 7.05 Å². The monoisotopic (exact) mass is 435 g/mol. The molecule has 1 unspecified atom stereocenters. The Balaban J connectivity index is 1.62. The third-order valence-corrected chi connectivity index (χ3v) is 6.12. The van der Waals surface area contributed by atoms with Crippen molar-refractivity contribution in [2.75, 3.05) is 31.2 Å². The predicted molar refractivity (Wildman–Crippen MR) is 116 cm³/mol. The van der Waals surface area contributed by atoms with Gasteiger partial charge in [-0.05, 0) is 38.4 Å². The normalized spacial score (nSPS) is 17.8. The fraction of sp³-hybridized carbons (Fsp3) is 0.500. The number of hydrogen-bond acceptors (Lipinski definition) is 5. The Hall–Kier alpha value is -2.43. The molecule has 1 saturated heterocycles. The number of piperidine rings is 1. The second-order valence-electron chi connectivity index (χ2n) is 7.76. The van der Waals surface area contributed by atoms with Crippen molar-refractivity contribution in [1.29, 1.82) is 0 Å². The first-order chi connectivity index (χ1) is 14.2. The summed E-state index contributed by atoms with van der Waals surface area (Å²) in [4.78, 5) is 27.5. The highest BCUT2D eigenvalue weighted by Gasteiger charge is 2.23. The standard InChI is InChI=1S/C20H29N5O4S/c1-15-19(20(27)25(23(15)2)17-9-5-4-6-10-17)21-18(26)11-13-24-12-7-8-16(14-24)22-30(3,28)29/h4-6,9-10,16,22H,7-8,11-14H2,1-3H3,(H,21,26). The molecule has 0 saturated carbocycles. The van der Waals surface area contributed by atoms with E-state index in [9.17, 15) is 18.0 Å². The molecule has 1 aliphatic heterocycles. The molecule has 0 aliphatic carbocycles. The number of para-hydroxylation sites is 1. The van der Waals surface area contributed by atoms with Crippen LogP contribution in [0, 0.1) is 6.92 Å². The van der Waals surface area contributed by atoms with E-state index in [-0.39, 0.29) is 29.6 Å². The first-order valence-corrected chi connectivity index (χ1v) is 11.9. The summed E-state index contributed by atoms with van der Waals surface area (Å²) in [7, 11) is -1.47. The van der Waals surface area contributed by atoms with Crippen molar-refractivity contribution in [3.05, 3.63) is 46.4 Å². The maximum atomic E-state index is 12.9. The molecule has 2 aromatic rings. The molecular formula is C20H29N5O4S. The molecule has 1 aliphatic rings. The van der Waals surface area contributed by atoms with Crippen LogP contribution < -0.4 is 15.6 Å². The van der Waals surface area contributed by atoms with Gasteiger partial charge in [0, 0.05) is 32.6 Å². The van der Waals surface area contributed by atoms with Gasteiger partial charge in [0.15, 0.2) is 0 Å². The van der Waals surface area contributed by atoms with Crippen LogP contribution in [0.5, 0.6) is 0 Å². The molecule has 3 rings (SSSR count). The van der Waals surface area contributed by atoms with Crippen LogP contribution in [0.3, 0.4) is 0 Å². The van der Waals surface area contributed by atoms with Crippen LogP contribution >= 0.6 is 0 Å². The van der Waals surface area contributed by atoms with E-state index in [1.54, 1.807) is 18.7 Å². The summed E-state index contributed by atoms with van der Waals surface area (Å²) in [5, 5.41) is 2.77. The predicted octanol–water partition coefficient (Wildman–Crippen LogP) is 0.827. The molecule has 1 aromatic heterocycles. The lowest BCUT2D eigenvalue weighted by Crippen LogP contribution is -2.47. The van der Waals surface area contributed by atoms with Crippen LogP contribution in [-0.4, -0.2) is 60.5 Å². The Kier molecular flexibility index (Phi) is 6.79. The zero-order valence-corrected chi connectivity index (χ0v) is 18.4. The Morgan fingerprint density at radius 2 is 1.93 bits per heavy atom. The van der Waals surface area contributed by atoms with E-state index < -0.39 is 10.0 Å². The van der Waals surface area contributed by atoms with Crippen LogP contribution in [-0.2, 0) is 21.9 Å². The number of hydrogen-bond donors (Lipinski definition) is 2. The molecule has 2 heterocycles. The fourth-order valence-corrected chi connectivity index (χ4v) is 4.63. The van der Waals surface area contributed by atoms with Gasteiger partial charge in [-0.2, -0.15) is 0 Å². The van der Waals surface area contributed by atoms with Gasteiger partial charge in [0.05, 0.1) is 17.6 Å². The molecule has 10 heteroatoms. The lowest BCUT2D eigenvalue weighted by molar-refractivity contribution is -0.116. The third-order valence-electron chi connectivity index (χ3n) is 5.36. The van der Waals surface area contributed by atoms with Crippen LogP contribution in [0.25, 0.3) is 5.69 Å². The van der Waals surface area contributed by atoms with Crippen molar-refractivity contribution >= 4 is 21.6 Å². The number of amides is 1. The van der Waals surface area contributed by atoms with Gasteiger partial charge in [-0.1, -0.05) is 18.2 Å². The third kappa shape index (κ3) is 5.38. The summed E-state index contributed by atoms with van der Waals surface area (Å²) < 4.78 is 28.8. The van der Waals surface area contributed by atoms with Crippen molar-refractivity contribution in [3.8, 4) is 5.69 Å². The van der Waals surface area contributed by atoms with E-state index in [1.807, 2.05) is 30.3 Å². The summed E-state index contributed by atoms with van der Waals surface area (Å²) in [5.41, 5.74) is 1.41. The molecule has 2 N–H and O–H groups in total. The van der Waals surface area contributed by atoms with Gasteiger partial charge in [-0.15, -0.1) is 0 Å². The maximum Gasteiger partial charge on any atom is 0.295 e. The van der Waals surface area contributed by atoms with Crippen molar-refractivity contribution in [1.82, 2.24) is 19.0 Å². The van der Waals surface area contributed by atoms with E-state index in [1.165, 1.54) is 4.68 Å². The Morgan fingerprint density at radius 3 is 2.60 bits per heavy atom. The smallest absolute Gasteiger partial charge is 0.295 e. The molecule has 9 nitrogen and oxygen atoms in total. The molecule has 0 radical (unpaired) electrons. The number of nitrogens with one attached hydrogen (secondary N) is 2. The topological polar surface area (TPSA) is 105 Å². The zero-order valence-electron chi connectivity index (χ0n) is 17.6. The van der Waals surface area contributed by atoms with Crippen LogP contribution in [0.4, 0.5) is 5.69 Å². The average molecular weight is 436 g/mol. The van der Waals surface area contributed by atoms with Gasteiger partial charge in [-0.3, -0.25) is 14.3 Å². The molecule has 1 atom stereocenters. The molecule has 1 aromatic carbocycles. The van der Waals surface area contributed by atoms with Crippen LogP contribution in [0.2, 0.25) is 0 Å². The summed E-state index contributed by atoms with van der Waals surface area (Å²) >= 11 is 0. The molecule has 1 amide bonds. The number of carbonyl (C=O) groups is 1. The number of aromatic nitrogens is 2. The Morgan fingerprint density at radius 1 is 1.23 bits per heavy atom. The Labute approximate surface area is 176 Å². The fourth-order valence-electron chi connectivity index (χ4n) is 3.83. The minimum absolute atomic E-state index is 0.133. The molecule has 164 valence electrons.